The van der Waals surface area contributed by atoms with Crippen LogP contribution in [0.1, 0.15) is 23.2 Å². The predicted molar refractivity (Wildman–Crippen MR) is 119 cm³/mol. The lowest BCUT2D eigenvalue weighted by Gasteiger charge is -2.18. The lowest BCUT2D eigenvalue weighted by Crippen LogP contribution is -2.18. The summed E-state index contributed by atoms with van der Waals surface area (Å²) in [5.74, 6) is -1.01. The molecule has 0 atom stereocenters. The third kappa shape index (κ3) is 4.86. The minimum Gasteiger partial charge on any atom is -0.371 e. The van der Waals surface area contributed by atoms with Crippen molar-refractivity contribution in [3.63, 3.8) is 0 Å². The Morgan fingerprint density at radius 2 is 1.61 bits per heavy atom. The summed E-state index contributed by atoms with van der Waals surface area (Å²) in [7, 11) is -3.98. The number of benzene rings is 3. The Morgan fingerprint density at radius 1 is 0.903 bits per heavy atom. The molecule has 0 unspecified atom stereocenters. The Labute approximate surface area is 180 Å². The van der Waals surface area contributed by atoms with Gasteiger partial charge in [0.2, 0.25) is 0 Å². The Balaban J connectivity index is 1.46. The first-order valence-corrected chi connectivity index (χ1v) is 11.4. The zero-order chi connectivity index (χ0) is 21.8. The van der Waals surface area contributed by atoms with Gasteiger partial charge in [0.05, 0.1) is 10.6 Å². The second-order valence-electron chi connectivity index (χ2n) is 7.31. The fraction of sp³-hybridized carbons (Fsp3) is 0.174. The zero-order valence-corrected chi connectivity index (χ0v) is 17.5. The van der Waals surface area contributed by atoms with Crippen LogP contribution in [0.15, 0.2) is 77.7 Å². The first-order valence-electron chi connectivity index (χ1n) is 9.96. The van der Waals surface area contributed by atoms with Gasteiger partial charge in [-0.25, -0.2) is 12.8 Å². The summed E-state index contributed by atoms with van der Waals surface area (Å²) in [6.45, 7) is 2.02. The van der Waals surface area contributed by atoms with Crippen molar-refractivity contribution in [2.24, 2.45) is 0 Å². The van der Waals surface area contributed by atoms with Crippen LogP contribution >= 0.6 is 0 Å². The van der Waals surface area contributed by atoms with Crippen molar-refractivity contribution in [1.29, 1.82) is 0 Å². The minimum absolute atomic E-state index is 0.0664. The molecule has 1 fully saturated rings. The van der Waals surface area contributed by atoms with Crippen molar-refractivity contribution in [2.45, 2.75) is 17.7 Å². The largest absolute Gasteiger partial charge is 0.371 e. The van der Waals surface area contributed by atoms with E-state index in [0.717, 1.165) is 31.6 Å². The van der Waals surface area contributed by atoms with Crippen LogP contribution in [0.25, 0.3) is 0 Å². The number of hydrogen-bond donors (Lipinski definition) is 2. The van der Waals surface area contributed by atoms with E-state index in [1.165, 1.54) is 48.5 Å². The summed E-state index contributed by atoms with van der Waals surface area (Å²) in [6, 6.07) is 18.7. The molecule has 0 aromatic heterocycles. The number of halogens is 1. The molecule has 0 spiro atoms. The van der Waals surface area contributed by atoms with E-state index in [0.29, 0.717) is 11.3 Å². The summed E-state index contributed by atoms with van der Waals surface area (Å²) in [6.07, 6.45) is 2.33. The molecule has 1 saturated heterocycles. The number of nitrogens with zero attached hydrogens (tertiary/aromatic N) is 1. The highest BCUT2D eigenvalue weighted by molar-refractivity contribution is 7.92. The maximum absolute atomic E-state index is 13.8. The number of nitrogens with one attached hydrogen (secondary N) is 2. The Morgan fingerprint density at radius 3 is 2.32 bits per heavy atom. The predicted octanol–water partition coefficient (Wildman–Crippen LogP) is 4.48. The zero-order valence-electron chi connectivity index (χ0n) is 16.7. The molecule has 0 aliphatic carbocycles. The highest BCUT2D eigenvalue weighted by Gasteiger charge is 2.17. The Hall–Kier alpha value is -3.39. The van der Waals surface area contributed by atoms with Gasteiger partial charge in [0.15, 0.2) is 0 Å². The molecule has 0 radical (unpaired) electrons. The fourth-order valence-electron chi connectivity index (χ4n) is 3.49. The summed E-state index contributed by atoms with van der Waals surface area (Å²) in [4.78, 5) is 14.8. The van der Waals surface area contributed by atoms with Gasteiger partial charge in [0.1, 0.15) is 5.82 Å². The molecule has 6 nitrogen and oxygen atoms in total. The Bertz CT molecular complexity index is 1190. The molecular weight excluding hydrogens is 417 g/mol. The SMILES string of the molecule is O=C(Nc1cccc(N2CCCC2)c1)c1ccc(S(=O)(=O)Nc2ccccc2F)cc1. The summed E-state index contributed by atoms with van der Waals surface area (Å²) in [5, 5.41) is 2.85. The number of para-hydroxylation sites is 1. The molecule has 8 heteroatoms. The second kappa shape index (κ2) is 8.77. The number of sulfonamides is 1. The highest BCUT2D eigenvalue weighted by atomic mass is 32.2. The average Bonchev–Trinajstić information content (AvgIpc) is 3.31. The first kappa shape index (κ1) is 20.9. The van der Waals surface area contributed by atoms with E-state index in [-0.39, 0.29) is 16.5 Å². The molecule has 1 heterocycles. The smallest absolute Gasteiger partial charge is 0.261 e. The van der Waals surface area contributed by atoms with Crippen LogP contribution in [0, 0.1) is 5.82 Å². The number of anilines is 3. The molecular formula is C23H22FN3O3S. The molecule has 0 saturated carbocycles. The molecule has 1 aliphatic heterocycles. The van der Waals surface area contributed by atoms with Crippen molar-refractivity contribution < 1.29 is 17.6 Å². The highest BCUT2D eigenvalue weighted by Crippen LogP contribution is 2.24. The fourth-order valence-corrected chi connectivity index (χ4v) is 4.56. The molecule has 31 heavy (non-hydrogen) atoms. The molecule has 3 aromatic carbocycles. The van der Waals surface area contributed by atoms with Gasteiger partial charge in [-0.05, 0) is 67.4 Å². The average molecular weight is 440 g/mol. The van der Waals surface area contributed by atoms with E-state index < -0.39 is 15.8 Å². The van der Waals surface area contributed by atoms with Crippen molar-refractivity contribution in [3.05, 3.63) is 84.2 Å². The monoisotopic (exact) mass is 439 g/mol. The number of carbonyl (C=O) groups is 1. The molecule has 3 aromatic rings. The van der Waals surface area contributed by atoms with E-state index in [4.69, 9.17) is 0 Å². The Kier molecular flexibility index (Phi) is 5.90. The van der Waals surface area contributed by atoms with Crippen LogP contribution in [0.4, 0.5) is 21.5 Å². The summed E-state index contributed by atoms with van der Waals surface area (Å²) >= 11 is 0. The van der Waals surface area contributed by atoms with Crippen molar-refractivity contribution in [2.75, 3.05) is 28.0 Å². The quantitative estimate of drug-likeness (QED) is 0.594. The molecule has 0 bridgehead atoms. The van der Waals surface area contributed by atoms with Gasteiger partial charge in [-0.15, -0.1) is 0 Å². The molecule has 1 aliphatic rings. The van der Waals surface area contributed by atoms with E-state index in [1.54, 1.807) is 0 Å². The van der Waals surface area contributed by atoms with Crippen LogP contribution in [0.3, 0.4) is 0 Å². The van der Waals surface area contributed by atoms with E-state index in [2.05, 4.69) is 14.9 Å². The molecule has 2 N–H and O–H groups in total. The van der Waals surface area contributed by atoms with Crippen LogP contribution in [-0.4, -0.2) is 27.4 Å². The van der Waals surface area contributed by atoms with E-state index in [9.17, 15) is 17.6 Å². The first-order chi connectivity index (χ1) is 14.9. The number of hydrogen-bond acceptors (Lipinski definition) is 4. The van der Waals surface area contributed by atoms with E-state index in [1.807, 2.05) is 24.3 Å². The van der Waals surface area contributed by atoms with E-state index >= 15 is 0 Å². The number of carbonyl (C=O) groups excluding carboxylic acids is 1. The third-order valence-electron chi connectivity index (χ3n) is 5.12. The van der Waals surface area contributed by atoms with Gasteiger partial charge >= 0.3 is 0 Å². The van der Waals surface area contributed by atoms with Crippen LogP contribution < -0.4 is 14.9 Å². The molecule has 4 rings (SSSR count). The standard InChI is InChI=1S/C23H22FN3O3S/c24-21-8-1-2-9-22(21)26-31(29,30)20-12-10-17(11-13-20)23(28)25-18-6-5-7-19(16-18)27-14-3-4-15-27/h1-2,5-13,16,26H,3-4,14-15H2,(H,25,28). The van der Waals surface area contributed by atoms with Gasteiger partial charge in [-0.3, -0.25) is 9.52 Å². The lowest BCUT2D eigenvalue weighted by molar-refractivity contribution is 0.102. The maximum atomic E-state index is 13.8. The second-order valence-corrected chi connectivity index (χ2v) is 8.99. The van der Waals surface area contributed by atoms with Gasteiger partial charge in [0.25, 0.3) is 15.9 Å². The van der Waals surface area contributed by atoms with Gasteiger partial charge in [0, 0.05) is 30.0 Å². The summed E-state index contributed by atoms with van der Waals surface area (Å²) < 4.78 is 41.0. The van der Waals surface area contributed by atoms with Crippen molar-refractivity contribution >= 4 is 33.0 Å². The van der Waals surface area contributed by atoms with Gasteiger partial charge in [-0.2, -0.15) is 0 Å². The molecule has 1 amide bonds. The minimum atomic E-state index is -3.98. The van der Waals surface area contributed by atoms with Gasteiger partial charge < -0.3 is 10.2 Å². The van der Waals surface area contributed by atoms with Crippen LogP contribution in [-0.2, 0) is 10.0 Å². The number of rotatable bonds is 6. The van der Waals surface area contributed by atoms with Crippen LogP contribution in [0.5, 0.6) is 0 Å². The molecule has 160 valence electrons. The lowest BCUT2D eigenvalue weighted by atomic mass is 10.2. The third-order valence-corrected chi connectivity index (χ3v) is 6.50. The topological polar surface area (TPSA) is 78.5 Å². The normalized spacial score (nSPS) is 13.8. The van der Waals surface area contributed by atoms with Crippen LogP contribution in [0.2, 0.25) is 0 Å². The van der Waals surface area contributed by atoms with Gasteiger partial charge in [-0.1, -0.05) is 18.2 Å². The van der Waals surface area contributed by atoms with Crippen molar-refractivity contribution in [3.8, 4) is 0 Å². The number of amides is 1. The van der Waals surface area contributed by atoms with Crippen molar-refractivity contribution in [1.82, 2.24) is 0 Å². The maximum Gasteiger partial charge on any atom is 0.261 e. The summed E-state index contributed by atoms with van der Waals surface area (Å²) in [5.41, 5.74) is 1.92.